The number of aromatic nitrogens is 2. The Morgan fingerprint density at radius 3 is 2.65 bits per heavy atom. The topological polar surface area (TPSA) is 30.3 Å². The van der Waals surface area contributed by atoms with Crippen molar-refractivity contribution in [1.29, 1.82) is 0 Å². The number of benzene rings is 3. The number of rotatable bonds is 6. The van der Waals surface area contributed by atoms with Crippen LogP contribution < -0.4 is 0 Å². The molecule has 0 bridgehead atoms. The van der Waals surface area contributed by atoms with Gasteiger partial charge in [-0.2, -0.15) is 5.06 Å². The maximum absolute atomic E-state index is 6.42. The monoisotopic (exact) mass is 429 g/mol. The van der Waals surface area contributed by atoms with Gasteiger partial charge in [0.1, 0.15) is 0 Å². The van der Waals surface area contributed by atoms with Crippen molar-refractivity contribution >= 4 is 22.5 Å². The van der Waals surface area contributed by atoms with Crippen LogP contribution in [0.1, 0.15) is 17.5 Å². The summed E-state index contributed by atoms with van der Waals surface area (Å²) < 4.78 is 2.16. The molecule has 5 heteroatoms. The highest BCUT2D eigenvalue weighted by Gasteiger charge is 2.47. The SMILES string of the molecule is Cc1ccc(SCC2CC(Cn3ccnc3)(c3ccc4ccccc4c3)N(C)O2)cc1. The van der Waals surface area contributed by atoms with Gasteiger partial charge in [-0.15, -0.1) is 11.8 Å². The molecule has 1 aliphatic heterocycles. The fourth-order valence-corrected chi connectivity index (χ4v) is 5.38. The van der Waals surface area contributed by atoms with E-state index in [0.29, 0.717) is 0 Å². The molecule has 2 atom stereocenters. The van der Waals surface area contributed by atoms with Crippen LogP contribution in [0.25, 0.3) is 10.8 Å². The average molecular weight is 430 g/mol. The van der Waals surface area contributed by atoms with E-state index in [9.17, 15) is 0 Å². The fourth-order valence-electron chi connectivity index (χ4n) is 4.50. The molecule has 0 saturated carbocycles. The van der Waals surface area contributed by atoms with Crippen molar-refractivity contribution in [3.8, 4) is 0 Å². The van der Waals surface area contributed by atoms with Gasteiger partial charge in [0.2, 0.25) is 0 Å². The molecule has 1 fully saturated rings. The first-order valence-electron chi connectivity index (χ1n) is 10.7. The average Bonchev–Trinajstić information content (AvgIpc) is 3.41. The molecule has 1 aromatic heterocycles. The molecule has 0 amide bonds. The third-order valence-corrected chi connectivity index (χ3v) is 7.37. The van der Waals surface area contributed by atoms with Gasteiger partial charge < -0.3 is 4.57 Å². The van der Waals surface area contributed by atoms with Crippen LogP contribution in [0.15, 0.2) is 90.3 Å². The van der Waals surface area contributed by atoms with Gasteiger partial charge >= 0.3 is 0 Å². The number of likely N-dealkylation sites (N-methyl/N-ethyl adjacent to an activating group) is 1. The van der Waals surface area contributed by atoms with Crippen LogP contribution in [0, 0.1) is 6.92 Å². The number of nitrogens with zero attached hydrogens (tertiary/aromatic N) is 3. The highest BCUT2D eigenvalue weighted by Crippen LogP contribution is 2.43. The number of hydrogen-bond acceptors (Lipinski definition) is 4. The van der Waals surface area contributed by atoms with Crippen LogP contribution in [-0.2, 0) is 16.9 Å². The molecule has 3 aromatic carbocycles. The maximum atomic E-state index is 6.42. The molecular weight excluding hydrogens is 402 g/mol. The van der Waals surface area contributed by atoms with Crippen molar-refractivity contribution in [2.45, 2.75) is 36.4 Å². The van der Waals surface area contributed by atoms with E-state index in [1.54, 1.807) is 0 Å². The van der Waals surface area contributed by atoms with Crippen molar-refractivity contribution in [3.05, 3.63) is 96.6 Å². The van der Waals surface area contributed by atoms with E-state index >= 15 is 0 Å². The first kappa shape index (κ1) is 20.3. The summed E-state index contributed by atoms with van der Waals surface area (Å²) in [5.74, 6) is 0.923. The molecule has 1 aliphatic rings. The van der Waals surface area contributed by atoms with Crippen molar-refractivity contribution in [3.63, 3.8) is 0 Å². The van der Waals surface area contributed by atoms with E-state index in [1.165, 1.54) is 26.8 Å². The normalized spacial score (nSPS) is 21.7. The van der Waals surface area contributed by atoms with Gasteiger partial charge in [-0.3, -0.25) is 4.84 Å². The molecule has 4 nitrogen and oxygen atoms in total. The minimum absolute atomic E-state index is 0.145. The third-order valence-electron chi connectivity index (χ3n) is 6.22. The van der Waals surface area contributed by atoms with Crippen LogP contribution in [0.2, 0.25) is 0 Å². The highest BCUT2D eigenvalue weighted by molar-refractivity contribution is 7.99. The van der Waals surface area contributed by atoms with E-state index in [4.69, 9.17) is 4.84 Å². The standard InChI is InChI=1S/C26H27N3OS/c1-20-7-11-25(12-8-20)31-17-24-16-26(28(2)30-24,18-29-14-13-27-19-29)23-10-9-21-5-3-4-6-22(21)15-23/h3-15,19,24H,16-18H2,1-2H3. The Labute approximate surface area is 187 Å². The Bertz CT molecular complexity index is 1160. The van der Waals surface area contributed by atoms with Crippen LogP contribution in [0.4, 0.5) is 0 Å². The largest absolute Gasteiger partial charge is 0.335 e. The number of hydroxylamine groups is 2. The zero-order chi connectivity index (χ0) is 21.3. The van der Waals surface area contributed by atoms with Crippen LogP contribution in [0.5, 0.6) is 0 Å². The summed E-state index contributed by atoms with van der Waals surface area (Å²) in [7, 11) is 2.07. The van der Waals surface area contributed by atoms with Crippen molar-refractivity contribution in [1.82, 2.24) is 14.6 Å². The van der Waals surface area contributed by atoms with Crippen LogP contribution in [0.3, 0.4) is 0 Å². The third kappa shape index (κ3) is 4.13. The lowest BCUT2D eigenvalue weighted by molar-refractivity contribution is -0.169. The molecule has 4 aromatic rings. The molecule has 0 spiro atoms. The number of hydrogen-bond donors (Lipinski definition) is 0. The van der Waals surface area contributed by atoms with Gasteiger partial charge in [-0.05, 0) is 41.5 Å². The smallest absolute Gasteiger partial charge is 0.0946 e. The summed E-state index contributed by atoms with van der Waals surface area (Å²) in [6.45, 7) is 2.92. The van der Waals surface area contributed by atoms with E-state index in [2.05, 4.69) is 95.3 Å². The maximum Gasteiger partial charge on any atom is 0.0946 e. The minimum Gasteiger partial charge on any atom is -0.335 e. The number of imidazole rings is 1. The Hall–Kier alpha value is -2.60. The summed E-state index contributed by atoms with van der Waals surface area (Å²) in [6, 6.07) is 24.1. The van der Waals surface area contributed by atoms with Gasteiger partial charge in [0.25, 0.3) is 0 Å². The molecule has 0 N–H and O–H groups in total. The number of fused-ring (bicyclic) bond motifs is 1. The van der Waals surface area contributed by atoms with Crippen molar-refractivity contribution < 1.29 is 4.84 Å². The first-order valence-corrected chi connectivity index (χ1v) is 11.7. The van der Waals surface area contributed by atoms with E-state index < -0.39 is 0 Å². The zero-order valence-electron chi connectivity index (χ0n) is 17.9. The molecular formula is C26H27N3OS. The van der Waals surface area contributed by atoms with Gasteiger partial charge in [-0.1, -0.05) is 54.1 Å². The molecule has 158 valence electrons. The van der Waals surface area contributed by atoms with Crippen molar-refractivity contribution in [2.75, 3.05) is 12.8 Å². The summed E-state index contributed by atoms with van der Waals surface area (Å²) in [4.78, 5) is 12.0. The molecule has 2 unspecified atom stereocenters. The van der Waals surface area contributed by atoms with Crippen LogP contribution in [-0.4, -0.2) is 33.5 Å². The summed E-state index contributed by atoms with van der Waals surface area (Å²) in [5, 5.41) is 4.60. The molecule has 0 radical (unpaired) electrons. The molecule has 5 rings (SSSR count). The van der Waals surface area contributed by atoms with Gasteiger partial charge in [0, 0.05) is 43.1 Å². The van der Waals surface area contributed by atoms with E-state index in [1.807, 2.05) is 30.5 Å². The predicted octanol–water partition coefficient (Wildman–Crippen LogP) is 5.67. The second-order valence-electron chi connectivity index (χ2n) is 8.38. The molecule has 0 aliphatic carbocycles. The molecule has 2 heterocycles. The lowest BCUT2D eigenvalue weighted by atomic mass is 9.84. The Balaban J connectivity index is 1.44. The number of thioether (sulfide) groups is 1. The Kier molecular flexibility index (Phi) is 5.57. The Morgan fingerprint density at radius 2 is 1.87 bits per heavy atom. The highest BCUT2D eigenvalue weighted by atomic mass is 32.2. The lowest BCUT2D eigenvalue weighted by Gasteiger charge is -2.35. The minimum atomic E-state index is -0.247. The zero-order valence-corrected chi connectivity index (χ0v) is 18.8. The summed E-state index contributed by atoms with van der Waals surface area (Å²) in [5.41, 5.74) is 2.32. The predicted molar refractivity (Wildman–Crippen MR) is 127 cm³/mol. The lowest BCUT2D eigenvalue weighted by Crippen LogP contribution is -2.41. The van der Waals surface area contributed by atoms with Gasteiger partial charge in [0.05, 0.1) is 18.0 Å². The van der Waals surface area contributed by atoms with E-state index in [0.717, 1.165) is 18.7 Å². The second-order valence-corrected chi connectivity index (χ2v) is 9.48. The first-order chi connectivity index (χ1) is 15.1. The molecule has 31 heavy (non-hydrogen) atoms. The summed E-state index contributed by atoms with van der Waals surface area (Å²) in [6.07, 6.45) is 6.84. The van der Waals surface area contributed by atoms with Crippen LogP contribution >= 0.6 is 11.8 Å². The quantitative estimate of drug-likeness (QED) is 0.370. The summed E-state index contributed by atoms with van der Waals surface area (Å²) >= 11 is 1.86. The fraction of sp³-hybridized carbons (Fsp3) is 0.269. The second kappa shape index (κ2) is 8.50. The number of aryl methyl sites for hydroxylation is 1. The van der Waals surface area contributed by atoms with Gasteiger partial charge in [-0.25, -0.2) is 4.98 Å². The van der Waals surface area contributed by atoms with Gasteiger partial charge in [0.15, 0.2) is 0 Å². The van der Waals surface area contributed by atoms with Crippen molar-refractivity contribution in [2.24, 2.45) is 0 Å². The van der Waals surface area contributed by atoms with E-state index in [-0.39, 0.29) is 11.6 Å². The Morgan fingerprint density at radius 1 is 1.06 bits per heavy atom. The molecule has 1 saturated heterocycles.